The lowest BCUT2D eigenvalue weighted by molar-refractivity contribution is -0.153. The molecular formula is C11H20N2O2. The number of carbonyl (C=O) groups excluding carboxylic acids is 2. The van der Waals surface area contributed by atoms with Crippen LogP contribution < -0.4 is 5.32 Å². The van der Waals surface area contributed by atoms with E-state index in [-0.39, 0.29) is 18.4 Å². The van der Waals surface area contributed by atoms with Crippen molar-refractivity contribution >= 4 is 11.8 Å². The maximum atomic E-state index is 11.8. The van der Waals surface area contributed by atoms with Gasteiger partial charge in [-0.2, -0.15) is 0 Å². The molecule has 0 spiro atoms. The number of piperazine rings is 1. The zero-order valence-electron chi connectivity index (χ0n) is 9.96. The van der Waals surface area contributed by atoms with Crippen LogP contribution in [0.2, 0.25) is 0 Å². The average molecular weight is 212 g/mol. The van der Waals surface area contributed by atoms with Crippen LogP contribution in [0.4, 0.5) is 0 Å². The van der Waals surface area contributed by atoms with Crippen LogP contribution in [0.25, 0.3) is 0 Å². The fraction of sp³-hybridized carbons (Fsp3) is 0.818. The highest BCUT2D eigenvalue weighted by Gasteiger charge is 2.43. The third-order valence-electron chi connectivity index (χ3n) is 3.02. The fourth-order valence-electron chi connectivity index (χ4n) is 1.86. The molecule has 2 amide bonds. The molecule has 1 heterocycles. The fourth-order valence-corrected chi connectivity index (χ4v) is 1.86. The Hall–Kier alpha value is -1.06. The summed E-state index contributed by atoms with van der Waals surface area (Å²) >= 11 is 0. The minimum atomic E-state index is -0.667. The van der Waals surface area contributed by atoms with Crippen LogP contribution in [-0.2, 0) is 9.59 Å². The summed E-state index contributed by atoms with van der Waals surface area (Å²) < 4.78 is 0. The molecule has 4 heteroatoms. The highest BCUT2D eigenvalue weighted by molar-refractivity contribution is 5.97. The van der Waals surface area contributed by atoms with E-state index in [2.05, 4.69) is 19.2 Å². The molecule has 0 aromatic carbocycles. The molecule has 15 heavy (non-hydrogen) atoms. The van der Waals surface area contributed by atoms with E-state index in [1.807, 2.05) is 13.8 Å². The van der Waals surface area contributed by atoms with Crippen LogP contribution >= 0.6 is 0 Å². The first-order valence-electron chi connectivity index (χ1n) is 5.50. The molecule has 1 unspecified atom stereocenters. The van der Waals surface area contributed by atoms with Crippen molar-refractivity contribution in [2.45, 2.75) is 39.7 Å². The lowest BCUT2D eigenvalue weighted by atomic mass is 9.91. The van der Waals surface area contributed by atoms with Crippen LogP contribution in [0.5, 0.6) is 0 Å². The Morgan fingerprint density at radius 2 is 2.07 bits per heavy atom. The molecular weight excluding hydrogens is 192 g/mol. The molecule has 1 atom stereocenters. The minimum Gasteiger partial charge on any atom is -0.345 e. The van der Waals surface area contributed by atoms with Gasteiger partial charge in [-0.05, 0) is 19.3 Å². The van der Waals surface area contributed by atoms with Gasteiger partial charge >= 0.3 is 0 Å². The van der Waals surface area contributed by atoms with E-state index in [9.17, 15) is 9.59 Å². The molecule has 0 aliphatic carbocycles. The molecule has 1 saturated heterocycles. The zero-order chi connectivity index (χ0) is 11.6. The third kappa shape index (κ3) is 2.13. The molecule has 1 aliphatic heterocycles. The molecule has 1 N–H and O–H groups in total. The van der Waals surface area contributed by atoms with Crippen molar-refractivity contribution in [1.82, 2.24) is 10.2 Å². The van der Waals surface area contributed by atoms with Gasteiger partial charge in [0.2, 0.25) is 11.8 Å². The Bertz CT molecular complexity index is 276. The van der Waals surface area contributed by atoms with Gasteiger partial charge in [0.25, 0.3) is 0 Å². The number of hydrogen-bond donors (Lipinski definition) is 1. The lowest BCUT2D eigenvalue weighted by Gasteiger charge is -2.43. The van der Waals surface area contributed by atoms with Gasteiger partial charge in [-0.1, -0.05) is 20.8 Å². The minimum absolute atomic E-state index is 0.0210. The number of rotatable bonds is 3. The maximum absolute atomic E-state index is 11.8. The summed E-state index contributed by atoms with van der Waals surface area (Å²) in [6.07, 6.45) is 0.650. The Morgan fingerprint density at radius 1 is 1.47 bits per heavy atom. The monoisotopic (exact) mass is 212 g/mol. The van der Waals surface area contributed by atoms with Gasteiger partial charge in [0.15, 0.2) is 0 Å². The number of amides is 2. The molecule has 4 nitrogen and oxygen atoms in total. The predicted molar refractivity (Wildman–Crippen MR) is 58.3 cm³/mol. The zero-order valence-corrected chi connectivity index (χ0v) is 9.96. The molecule has 0 aromatic heterocycles. The summed E-state index contributed by atoms with van der Waals surface area (Å²) in [5.41, 5.74) is -0.667. The Balaban J connectivity index is 2.93. The van der Waals surface area contributed by atoms with Crippen LogP contribution in [0, 0.1) is 5.92 Å². The van der Waals surface area contributed by atoms with Crippen molar-refractivity contribution in [3.63, 3.8) is 0 Å². The van der Waals surface area contributed by atoms with Crippen molar-refractivity contribution in [1.29, 1.82) is 0 Å². The van der Waals surface area contributed by atoms with Crippen molar-refractivity contribution in [2.24, 2.45) is 5.92 Å². The standard InChI is InChI=1S/C11H20N2O2/c1-5-11(4)10(15)12-6-9(14)13(11)7-8(2)3/h8H,5-7H2,1-4H3,(H,12,15). The van der Waals surface area contributed by atoms with E-state index < -0.39 is 5.54 Å². The quantitative estimate of drug-likeness (QED) is 0.751. The smallest absolute Gasteiger partial charge is 0.246 e. The summed E-state index contributed by atoms with van der Waals surface area (Å²) in [4.78, 5) is 25.3. The summed E-state index contributed by atoms with van der Waals surface area (Å²) in [6.45, 7) is 8.66. The van der Waals surface area contributed by atoms with Crippen molar-refractivity contribution in [3.8, 4) is 0 Å². The molecule has 0 aromatic rings. The number of hydrogen-bond acceptors (Lipinski definition) is 2. The second kappa shape index (κ2) is 4.21. The van der Waals surface area contributed by atoms with Gasteiger partial charge < -0.3 is 10.2 Å². The number of nitrogens with zero attached hydrogens (tertiary/aromatic N) is 1. The molecule has 1 rings (SSSR count). The van der Waals surface area contributed by atoms with Gasteiger partial charge in [-0.25, -0.2) is 0 Å². The van der Waals surface area contributed by atoms with Crippen molar-refractivity contribution in [3.05, 3.63) is 0 Å². The molecule has 0 saturated carbocycles. The molecule has 0 bridgehead atoms. The molecule has 1 aliphatic rings. The van der Waals surface area contributed by atoms with Crippen LogP contribution in [0.15, 0.2) is 0 Å². The summed E-state index contributed by atoms with van der Waals surface area (Å²) in [5.74, 6) is 0.364. The average Bonchev–Trinajstić information content (AvgIpc) is 2.18. The first-order valence-corrected chi connectivity index (χ1v) is 5.50. The van der Waals surface area contributed by atoms with Crippen LogP contribution in [0.1, 0.15) is 34.1 Å². The predicted octanol–water partition coefficient (Wildman–Crippen LogP) is 0.769. The lowest BCUT2D eigenvalue weighted by Crippen LogP contribution is -2.66. The topological polar surface area (TPSA) is 49.4 Å². The van der Waals surface area contributed by atoms with E-state index in [1.165, 1.54) is 0 Å². The van der Waals surface area contributed by atoms with Crippen LogP contribution in [-0.4, -0.2) is 35.3 Å². The molecule has 0 radical (unpaired) electrons. The van der Waals surface area contributed by atoms with E-state index in [4.69, 9.17) is 0 Å². The van der Waals surface area contributed by atoms with Crippen molar-refractivity contribution < 1.29 is 9.59 Å². The number of carbonyl (C=O) groups is 2. The van der Waals surface area contributed by atoms with E-state index in [0.29, 0.717) is 18.9 Å². The van der Waals surface area contributed by atoms with E-state index in [1.54, 1.807) is 4.90 Å². The Morgan fingerprint density at radius 3 is 2.53 bits per heavy atom. The summed E-state index contributed by atoms with van der Waals surface area (Å²) in [7, 11) is 0. The van der Waals surface area contributed by atoms with Gasteiger partial charge in [0, 0.05) is 6.54 Å². The van der Waals surface area contributed by atoms with Crippen molar-refractivity contribution in [2.75, 3.05) is 13.1 Å². The second-order valence-electron chi connectivity index (χ2n) is 4.71. The Kier molecular flexibility index (Phi) is 3.37. The first kappa shape index (κ1) is 12.0. The second-order valence-corrected chi connectivity index (χ2v) is 4.71. The third-order valence-corrected chi connectivity index (χ3v) is 3.02. The van der Waals surface area contributed by atoms with Gasteiger partial charge in [0.05, 0.1) is 6.54 Å². The normalized spacial score (nSPS) is 27.1. The summed E-state index contributed by atoms with van der Waals surface area (Å²) in [5, 5.41) is 2.65. The largest absolute Gasteiger partial charge is 0.345 e. The summed E-state index contributed by atoms with van der Waals surface area (Å²) in [6, 6.07) is 0. The maximum Gasteiger partial charge on any atom is 0.246 e. The molecule has 1 fully saturated rings. The molecule has 86 valence electrons. The van der Waals surface area contributed by atoms with Gasteiger partial charge in [-0.3, -0.25) is 9.59 Å². The van der Waals surface area contributed by atoms with Gasteiger partial charge in [0.1, 0.15) is 5.54 Å². The highest BCUT2D eigenvalue weighted by Crippen LogP contribution is 2.23. The van der Waals surface area contributed by atoms with Gasteiger partial charge in [-0.15, -0.1) is 0 Å². The number of nitrogens with one attached hydrogen (secondary N) is 1. The van der Waals surface area contributed by atoms with E-state index in [0.717, 1.165) is 0 Å². The Labute approximate surface area is 91.0 Å². The van der Waals surface area contributed by atoms with Crippen LogP contribution in [0.3, 0.4) is 0 Å². The first-order chi connectivity index (χ1) is 6.91. The van der Waals surface area contributed by atoms with E-state index >= 15 is 0 Å². The highest BCUT2D eigenvalue weighted by atomic mass is 16.2. The SMILES string of the molecule is CCC1(C)C(=O)NCC(=O)N1CC(C)C.